The molecular formula is C38H31O2S2+. The zero-order valence-electron chi connectivity index (χ0n) is 23.8. The van der Waals surface area contributed by atoms with Crippen LogP contribution in [0.4, 0.5) is 0 Å². The van der Waals surface area contributed by atoms with Crippen molar-refractivity contribution in [2.75, 3.05) is 0 Å². The molecule has 42 heavy (non-hydrogen) atoms. The van der Waals surface area contributed by atoms with Gasteiger partial charge in [-0.3, -0.25) is 4.79 Å². The molecule has 1 aliphatic heterocycles. The summed E-state index contributed by atoms with van der Waals surface area (Å²) in [5, 5.41) is 11.1. The summed E-state index contributed by atoms with van der Waals surface area (Å²) in [6.07, 6.45) is 7.86. The van der Waals surface area contributed by atoms with Crippen LogP contribution in [0.1, 0.15) is 31.9 Å². The van der Waals surface area contributed by atoms with Gasteiger partial charge in [0.25, 0.3) is 0 Å². The molecule has 1 aliphatic carbocycles. The number of rotatable bonds is 5. The quantitative estimate of drug-likeness (QED) is 0.188. The van der Waals surface area contributed by atoms with E-state index >= 15 is 0 Å². The van der Waals surface area contributed by atoms with Crippen molar-refractivity contribution in [2.24, 2.45) is 5.41 Å². The van der Waals surface area contributed by atoms with Crippen molar-refractivity contribution in [3.05, 3.63) is 160 Å². The lowest BCUT2D eigenvalue weighted by atomic mass is 9.85. The summed E-state index contributed by atoms with van der Waals surface area (Å²) in [5.41, 5.74) is 5.79. The Labute approximate surface area is 255 Å². The number of benzene rings is 3. The highest BCUT2D eigenvalue weighted by Crippen LogP contribution is 2.47. The average Bonchev–Trinajstić information content (AvgIpc) is 3.03. The molecule has 2 heterocycles. The van der Waals surface area contributed by atoms with Gasteiger partial charge in [0.15, 0.2) is 0 Å². The minimum Gasteiger partial charge on any atom is -0.506 e. The standard InChI is InChI=1S/C38H30O2S2/c1-38(2,3)35-24-26(23-34(42-35)29-17-11-6-12-18-29)20-31-36(39)30(37(31)40)19-25-21-32(27-13-7-4-8-14-27)41-33(22-25)28-15-9-5-10-16-28/h4-24H,1-3H3/p+1. The van der Waals surface area contributed by atoms with Crippen LogP contribution in [0.3, 0.4) is 0 Å². The Bertz CT molecular complexity index is 1760. The van der Waals surface area contributed by atoms with Crippen molar-refractivity contribution in [1.29, 1.82) is 0 Å². The summed E-state index contributed by atoms with van der Waals surface area (Å²) in [7, 11) is 0. The number of carbonyl (C=O) groups is 1. The molecule has 0 fully saturated rings. The van der Waals surface area contributed by atoms with E-state index in [9.17, 15) is 9.90 Å². The van der Waals surface area contributed by atoms with Gasteiger partial charge < -0.3 is 5.11 Å². The number of Topliss-reactive ketones (excluding diaryl/α,β-unsaturated/α-hetero) is 1. The maximum absolute atomic E-state index is 13.4. The predicted octanol–water partition coefficient (Wildman–Crippen LogP) is 10.8. The van der Waals surface area contributed by atoms with Crippen molar-refractivity contribution in [3.63, 3.8) is 0 Å². The second kappa shape index (κ2) is 11.6. The predicted molar refractivity (Wildman–Crippen MR) is 180 cm³/mol. The Hall–Kier alpha value is -4.25. The summed E-state index contributed by atoms with van der Waals surface area (Å²) in [6.45, 7) is 6.58. The minimum atomic E-state index is -0.145. The first kappa shape index (κ1) is 27.9. The van der Waals surface area contributed by atoms with E-state index in [1.165, 1.54) is 4.91 Å². The van der Waals surface area contributed by atoms with Gasteiger partial charge in [0, 0.05) is 28.2 Å². The van der Waals surface area contributed by atoms with Crippen LogP contribution in [0.15, 0.2) is 149 Å². The van der Waals surface area contributed by atoms with Crippen LogP contribution in [0.5, 0.6) is 0 Å². The lowest BCUT2D eigenvalue weighted by Crippen LogP contribution is -2.21. The second-order valence-corrected chi connectivity index (χ2v) is 13.5. The monoisotopic (exact) mass is 583 g/mol. The van der Waals surface area contributed by atoms with Crippen molar-refractivity contribution >= 4 is 39.9 Å². The fraction of sp³-hybridized carbons (Fsp3) is 0.105. The number of thioether (sulfide) groups is 1. The summed E-state index contributed by atoms with van der Waals surface area (Å²) >= 11 is 3.47. The number of hydrogen-bond donors (Lipinski definition) is 1. The highest BCUT2D eigenvalue weighted by atomic mass is 32.2. The molecule has 1 aromatic heterocycles. The number of hydrogen-bond acceptors (Lipinski definition) is 3. The smallest absolute Gasteiger partial charge is 0.239 e. The zero-order chi connectivity index (χ0) is 29.3. The molecule has 0 spiro atoms. The molecule has 0 saturated heterocycles. The van der Waals surface area contributed by atoms with Crippen LogP contribution < -0.4 is 0 Å². The van der Waals surface area contributed by atoms with Crippen LogP contribution in [0, 0.1) is 5.41 Å². The number of aliphatic hydroxyl groups excluding tert-OH is 1. The van der Waals surface area contributed by atoms with Gasteiger partial charge in [-0.25, -0.2) is 0 Å². The molecule has 6 rings (SSSR count). The number of allylic oxidation sites excluding steroid dienone is 7. The van der Waals surface area contributed by atoms with Gasteiger partial charge in [0.1, 0.15) is 5.76 Å². The van der Waals surface area contributed by atoms with Gasteiger partial charge in [-0.2, -0.15) is 0 Å². The first-order chi connectivity index (χ1) is 20.3. The van der Waals surface area contributed by atoms with E-state index in [1.807, 2.05) is 66.7 Å². The lowest BCUT2D eigenvalue weighted by Gasteiger charge is -2.27. The molecule has 2 aliphatic rings. The third-order valence-electron chi connectivity index (χ3n) is 7.17. The number of aliphatic hydroxyl groups is 1. The summed E-state index contributed by atoms with van der Waals surface area (Å²) < 4.78 is 0. The van der Waals surface area contributed by atoms with E-state index in [4.69, 9.17) is 0 Å². The first-order valence-electron chi connectivity index (χ1n) is 13.9. The molecule has 2 nitrogen and oxygen atoms in total. The molecule has 1 N–H and O–H groups in total. The molecule has 4 heteroatoms. The van der Waals surface area contributed by atoms with Gasteiger partial charge in [0.05, 0.1) is 11.1 Å². The lowest BCUT2D eigenvalue weighted by molar-refractivity contribution is -0.113. The molecule has 4 aromatic rings. The Morgan fingerprint density at radius 3 is 1.74 bits per heavy atom. The molecule has 0 bridgehead atoms. The van der Waals surface area contributed by atoms with Crippen molar-refractivity contribution in [1.82, 2.24) is 0 Å². The fourth-order valence-electron chi connectivity index (χ4n) is 4.86. The van der Waals surface area contributed by atoms with E-state index in [0.29, 0.717) is 11.1 Å². The number of ketones is 1. The molecule has 0 amide bonds. The van der Waals surface area contributed by atoms with Crippen LogP contribution in [-0.2, 0) is 4.79 Å². The van der Waals surface area contributed by atoms with Crippen molar-refractivity contribution in [3.8, 4) is 20.9 Å². The Morgan fingerprint density at radius 2 is 1.24 bits per heavy atom. The largest absolute Gasteiger partial charge is 0.506 e. The summed E-state index contributed by atoms with van der Waals surface area (Å²) in [5.74, 6) is -0.102. The van der Waals surface area contributed by atoms with Crippen molar-refractivity contribution < 1.29 is 9.90 Å². The molecular weight excluding hydrogens is 553 g/mol. The molecule has 0 saturated carbocycles. The van der Waals surface area contributed by atoms with Crippen LogP contribution >= 0.6 is 23.1 Å². The molecule has 0 radical (unpaired) electrons. The Balaban J connectivity index is 1.39. The maximum atomic E-state index is 13.4. The third kappa shape index (κ3) is 5.87. The van der Waals surface area contributed by atoms with Crippen LogP contribution in [0.2, 0.25) is 0 Å². The van der Waals surface area contributed by atoms with Crippen LogP contribution in [-0.4, -0.2) is 10.9 Å². The van der Waals surface area contributed by atoms with E-state index in [1.54, 1.807) is 23.1 Å². The summed E-state index contributed by atoms with van der Waals surface area (Å²) in [6, 6.07) is 34.9. The van der Waals surface area contributed by atoms with Gasteiger partial charge in [-0.15, -0.1) is 0 Å². The molecule has 0 atom stereocenters. The van der Waals surface area contributed by atoms with E-state index in [0.717, 1.165) is 42.5 Å². The summed E-state index contributed by atoms with van der Waals surface area (Å²) in [4.78, 5) is 18.0. The zero-order valence-corrected chi connectivity index (χ0v) is 25.4. The Morgan fingerprint density at radius 1 is 0.714 bits per heavy atom. The van der Waals surface area contributed by atoms with E-state index < -0.39 is 0 Å². The van der Waals surface area contributed by atoms with Crippen molar-refractivity contribution in [2.45, 2.75) is 20.8 Å². The van der Waals surface area contributed by atoms with Gasteiger partial charge in [0.2, 0.25) is 26.9 Å². The topological polar surface area (TPSA) is 37.3 Å². The van der Waals surface area contributed by atoms with Crippen LogP contribution in [0.25, 0.3) is 31.9 Å². The maximum Gasteiger partial charge on any atom is 0.239 e. The first-order valence-corrected chi connectivity index (χ1v) is 15.6. The molecule has 206 valence electrons. The van der Waals surface area contributed by atoms with Gasteiger partial charge >= 0.3 is 0 Å². The molecule has 0 unspecified atom stereocenters. The van der Waals surface area contributed by atoms with Gasteiger partial charge in [-0.1, -0.05) is 99.3 Å². The number of carbonyl (C=O) groups excluding carboxylic acids is 1. The highest BCUT2D eigenvalue weighted by molar-refractivity contribution is 8.11. The molecule has 3 aromatic carbocycles. The normalized spacial score (nSPS) is 17.3. The second-order valence-electron chi connectivity index (χ2n) is 11.4. The fourth-order valence-corrected chi connectivity index (χ4v) is 7.18. The average molecular weight is 584 g/mol. The van der Waals surface area contributed by atoms with E-state index in [-0.39, 0.29) is 17.0 Å². The Kier molecular flexibility index (Phi) is 7.68. The third-order valence-corrected chi connectivity index (χ3v) is 9.84. The SMILES string of the molecule is CC(C)(C)C1=CC(=CC2=C(O)C(=Cc3cc(-c4ccccc4)[s+]c(-c4ccccc4)c3)C2=O)C=C(c2ccccc2)S1. The van der Waals surface area contributed by atoms with Gasteiger partial charge in [-0.05, 0) is 75.6 Å². The minimum absolute atomic E-state index is 0.0427. The highest BCUT2D eigenvalue weighted by Gasteiger charge is 2.33. The van der Waals surface area contributed by atoms with E-state index in [2.05, 4.69) is 81.5 Å².